The molecule has 0 saturated carbocycles. The van der Waals surface area contributed by atoms with Crippen molar-refractivity contribution in [2.75, 3.05) is 0 Å². The van der Waals surface area contributed by atoms with Crippen LogP contribution in [0.25, 0.3) is 5.57 Å². The molecule has 0 unspecified atom stereocenters. The van der Waals surface area contributed by atoms with Crippen LogP contribution >= 0.6 is 11.6 Å². The summed E-state index contributed by atoms with van der Waals surface area (Å²) in [7, 11) is 0. The van der Waals surface area contributed by atoms with Crippen molar-refractivity contribution in [3.63, 3.8) is 0 Å². The first-order valence-corrected chi connectivity index (χ1v) is 5.13. The van der Waals surface area contributed by atoms with Gasteiger partial charge in [0.05, 0.1) is 0 Å². The predicted molar refractivity (Wildman–Crippen MR) is 66.9 cm³/mol. The zero-order chi connectivity index (χ0) is 11.3. The van der Waals surface area contributed by atoms with Crippen molar-refractivity contribution in [1.29, 1.82) is 0 Å². The SMILES string of the molecule is C=C(/C=C\C(C)=C/C)c1ccc(Cl)nc1. The molecule has 0 fully saturated rings. The van der Waals surface area contributed by atoms with Crippen LogP contribution in [0.2, 0.25) is 5.15 Å². The first-order chi connectivity index (χ1) is 7.13. The summed E-state index contributed by atoms with van der Waals surface area (Å²) in [5, 5.41) is 0.500. The Morgan fingerprint density at radius 1 is 1.40 bits per heavy atom. The summed E-state index contributed by atoms with van der Waals surface area (Å²) in [5.41, 5.74) is 3.12. The molecule has 0 aromatic carbocycles. The molecule has 1 rings (SSSR count). The Morgan fingerprint density at radius 3 is 2.67 bits per heavy atom. The number of pyridine rings is 1. The number of aromatic nitrogens is 1. The fourth-order valence-electron chi connectivity index (χ4n) is 0.990. The molecule has 78 valence electrons. The monoisotopic (exact) mass is 219 g/mol. The standard InChI is InChI=1S/C13H14ClN/c1-4-10(2)5-6-11(3)12-7-8-13(14)15-9-12/h4-9H,3H2,1-2H3/b6-5-,10-4-. The summed E-state index contributed by atoms with van der Waals surface area (Å²) >= 11 is 5.70. The molecule has 1 nitrogen and oxygen atoms in total. The number of hydrogen-bond acceptors (Lipinski definition) is 1. The van der Waals surface area contributed by atoms with Gasteiger partial charge >= 0.3 is 0 Å². The molecule has 15 heavy (non-hydrogen) atoms. The van der Waals surface area contributed by atoms with Crippen LogP contribution in [-0.4, -0.2) is 4.98 Å². The van der Waals surface area contributed by atoms with E-state index in [4.69, 9.17) is 11.6 Å². The van der Waals surface area contributed by atoms with E-state index in [9.17, 15) is 0 Å². The van der Waals surface area contributed by atoms with Crippen molar-refractivity contribution < 1.29 is 0 Å². The molecule has 1 heterocycles. The van der Waals surface area contributed by atoms with Gasteiger partial charge in [0.15, 0.2) is 0 Å². The zero-order valence-corrected chi connectivity index (χ0v) is 9.75. The van der Waals surface area contributed by atoms with Crippen LogP contribution in [0.5, 0.6) is 0 Å². The van der Waals surface area contributed by atoms with Crippen LogP contribution in [0.3, 0.4) is 0 Å². The van der Waals surface area contributed by atoms with Gasteiger partial charge in [-0.15, -0.1) is 0 Å². The van der Waals surface area contributed by atoms with Crippen LogP contribution in [0.4, 0.5) is 0 Å². The average molecular weight is 220 g/mol. The third kappa shape index (κ3) is 3.72. The highest BCUT2D eigenvalue weighted by atomic mass is 35.5. The van der Waals surface area contributed by atoms with Crippen LogP contribution in [-0.2, 0) is 0 Å². The van der Waals surface area contributed by atoms with Gasteiger partial charge in [-0.2, -0.15) is 0 Å². The van der Waals surface area contributed by atoms with E-state index >= 15 is 0 Å². The fourth-order valence-corrected chi connectivity index (χ4v) is 1.10. The third-order valence-corrected chi connectivity index (χ3v) is 2.32. The minimum atomic E-state index is 0.500. The van der Waals surface area contributed by atoms with Gasteiger partial charge in [-0.1, -0.05) is 42.0 Å². The minimum Gasteiger partial charge on any atom is -0.244 e. The van der Waals surface area contributed by atoms with Crippen LogP contribution in [0, 0.1) is 0 Å². The molecule has 0 aliphatic carbocycles. The number of rotatable bonds is 3. The van der Waals surface area contributed by atoms with E-state index in [-0.39, 0.29) is 0 Å². The predicted octanol–water partition coefficient (Wildman–Crippen LogP) is 4.27. The Labute approximate surface area is 95.8 Å². The Bertz CT molecular complexity index is 399. The molecule has 0 atom stereocenters. The molecule has 0 saturated heterocycles. The summed E-state index contributed by atoms with van der Waals surface area (Å²) in [5.74, 6) is 0. The minimum absolute atomic E-state index is 0.500. The van der Waals surface area contributed by atoms with E-state index in [0.29, 0.717) is 5.15 Å². The maximum absolute atomic E-state index is 5.70. The van der Waals surface area contributed by atoms with Crippen molar-refractivity contribution in [1.82, 2.24) is 4.98 Å². The Kier molecular flexibility index (Phi) is 4.32. The highest BCUT2D eigenvalue weighted by molar-refractivity contribution is 6.29. The smallest absolute Gasteiger partial charge is 0.129 e. The lowest BCUT2D eigenvalue weighted by molar-refractivity contribution is 1.31. The first kappa shape index (κ1) is 11.7. The second-order valence-electron chi connectivity index (χ2n) is 3.26. The third-order valence-electron chi connectivity index (χ3n) is 2.10. The molecule has 0 aliphatic heterocycles. The lowest BCUT2D eigenvalue weighted by Gasteiger charge is -1.99. The van der Waals surface area contributed by atoms with Crippen LogP contribution in [0.15, 0.2) is 48.7 Å². The summed E-state index contributed by atoms with van der Waals surface area (Å²) in [6.45, 7) is 8.02. The van der Waals surface area contributed by atoms with E-state index in [0.717, 1.165) is 11.1 Å². The Morgan fingerprint density at radius 2 is 2.13 bits per heavy atom. The molecular weight excluding hydrogens is 206 g/mol. The number of halogens is 1. The van der Waals surface area contributed by atoms with Crippen LogP contribution < -0.4 is 0 Å². The maximum atomic E-state index is 5.70. The second kappa shape index (κ2) is 5.52. The molecule has 0 aliphatic rings. The van der Waals surface area contributed by atoms with E-state index < -0.39 is 0 Å². The first-order valence-electron chi connectivity index (χ1n) is 4.75. The average Bonchev–Trinajstić information content (AvgIpc) is 2.26. The molecule has 0 spiro atoms. The summed E-state index contributed by atoms with van der Waals surface area (Å²) in [4.78, 5) is 4.00. The molecule has 0 amide bonds. The zero-order valence-electron chi connectivity index (χ0n) is 9.00. The molecular formula is C13H14ClN. The second-order valence-corrected chi connectivity index (χ2v) is 3.65. The molecule has 0 N–H and O–H groups in total. The van der Waals surface area contributed by atoms with E-state index in [1.165, 1.54) is 5.57 Å². The van der Waals surface area contributed by atoms with Crippen LogP contribution in [0.1, 0.15) is 19.4 Å². The van der Waals surface area contributed by atoms with Crippen molar-refractivity contribution in [2.45, 2.75) is 13.8 Å². The normalized spacial score (nSPS) is 12.1. The molecule has 0 radical (unpaired) electrons. The Balaban J connectivity index is 2.78. The van der Waals surface area contributed by atoms with Gasteiger partial charge in [0.2, 0.25) is 0 Å². The summed E-state index contributed by atoms with van der Waals surface area (Å²) < 4.78 is 0. The van der Waals surface area contributed by atoms with Crippen molar-refractivity contribution >= 4 is 17.2 Å². The van der Waals surface area contributed by atoms with Gasteiger partial charge in [-0.25, -0.2) is 4.98 Å². The van der Waals surface area contributed by atoms with E-state index in [1.54, 1.807) is 12.3 Å². The molecule has 2 heteroatoms. The molecule has 1 aromatic rings. The van der Waals surface area contributed by atoms with Crippen molar-refractivity contribution in [3.8, 4) is 0 Å². The maximum Gasteiger partial charge on any atom is 0.129 e. The number of nitrogens with zero attached hydrogens (tertiary/aromatic N) is 1. The van der Waals surface area contributed by atoms with E-state index in [2.05, 4.69) is 11.6 Å². The largest absolute Gasteiger partial charge is 0.244 e. The lowest BCUT2D eigenvalue weighted by Crippen LogP contribution is -1.81. The van der Waals surface area contributed by atoms with Gasteiger partial charge in [0, 0.05) is 6.20 Å². The van der Waals surface area contributed by atoms with Gasteiger partial charge in [0.1, 0.15) is 5.15 Å². The molecule has 0 bridgehead atoms. The van der Waals surface area contributed by atoms with Crippen molar-refractivity contribution in [2.24, 2.45) is 0 Å². The van der Waals surface area contributed by atoms with Gasteiger partial charge in [0.25, 0.3) is 0 Å². The molecule has 1 aromatic heterocycles. The Hall–Kier alpha value is -1.34. The van der Waals surface area contributed by atoms with Gasteiger partial charge in [-0.05, 0) is 37.1 Å². The fraction of sp³-hybridized carbons (Fsp3) is 0.154. The number of allylic oxidation sites excluding steroid dienone is 5. The number of hydrogen-bond donors (Lipinski definition) is 0. The summed E-state index contributed by atoms with van der Waals surface area (Å²) in [6, 6.07) is 3.67. The quantitative estimate of drug-likeness (QED) is 0.547. The topological polar surface area (TPSA) is 12.9 Å². The van der Waals surface area contributed by atoms with Crippen molar-refractivity contribution in [3.05, 3.63) is 59.4 Å². The summed E-state index contributed by atoms with van der Waals surface area (Å²) in [6.07, 6.45) is 7.76. The van der Waals surface area contributed by atoms with Gasteiger partial charge in [-0.3, -0.25) is 0 Å². The van der Waals surface area contributed by atoms with Gasteiger partial charge < -0.3 is 0 Å². The lowest BCUT2D eigenvalue weighted by atomic mass is 10.1. The highest BCUT2D eigenvalue weighted by Crippen LogP contribution is 2.15. The highest BCUT2D eigenvalue weighted by Gasteiger charge is 1.95. The van der Waals surface area contributed by atoms with E-state index in [1.807, 2.05) is 38.1 Å².